The van der Waals surface area contributed by atoms with Gasteiger partial charge in [-0.05, 0) is 30.7 Å². The van der Waals surface area contributed by atoms with Crippen molar-refractivity contribution in [2.45, 2.75) is 18.6 Å². The number of carboxylic acid groups (broad SMARTS) is 1. The van der Waals surface area contributed by atoms with Gasteiger partial charge in [0, 0.05) is 34.5 Å². The van der Waals surface area contributed by atoms with Gasteiger partial charge in [-0.2, -0.15) is 0 Å². The third-order valence-electron chi connectivity index (χ3n) is 2.79. The Bertz CT molecular complexity index is 502. The Labute approximate surface area is 120 Å². The summed E-state index contributed by atoms with van der Waals surface area (Å²) in [5.74, 6) is -1.01. The number of benzene rings is 1. The zero-order valence-electron chi connectivity index (χ0n) is 11.4. The van der Waals surface area contributed by atoms with Crippen molar-refractivity contribution in [3.63, 3.8) is 0 Å². The lowest BCUT2D eigenvalue weighted by molar-refractivity contribution is 0.0697. The van der Waals surface area contributed by atoms with Crippen LogP contribution in [0, 0.1) is 0 Å². The molecule has 2 amide bonds. The summed E-state index contributed by atoms with van der Waals surface area (Å²) in [5.41, 5.74) is 0.676. The van der Waals surface area contributed by atoms with Crippen LogP contribution in [-0.2, 0) is 10.8 Å². The van der Waals surface area contributed by atoms with Crippen LogP contribution in [0.5, 0.6) is 0 Å². The number of amides is 2. The highest BCUT2D eigenvalue weighted by molar-refractivity contribution is 7.84. The second-order valence-corrected chi connectivity index (χ2v) is 6.16. The molecule has 2 unspecified atom stereocenters. The van der Waals surface area contributed by atoms with E-state index in [2.05, 4.69) is 10.6 Å². The first-order chi connectivity index (χ1) is 9.40. The van der Waals surface area contributed by atoms with E-state index < -0.39 is 16.8 Å². The van der Waals surface area contributed by atoms with Gasteiger partial charge in [0.1, 0.15) is 0 Å². The lowest BCUT2D eigenvalue weighted by Gasteiger charge is -2.10. The average molecular weight is 298 g/mol. The van der Waals surface area contributed by atoms with Crippen LogP contribution < -0.4 is 10.6 Å². The summed E-state index contributed by atoms with van der Waals surface area (Å²) in [7, 11) is -0.897. The van der Waals surface area contributed by atoms with Gasteiger partial charge in [-0.3, -0.25) is 4.21 Å². The molecule has 0 fully saturated rings. The van der Waals surface area contributed by atoms with Crippen molar-refractivity contribution in [1.82, 2.24) is 5.32 Å². The second-order valence-electron chi connectivity index (χ2n) is 4.36. The molecular weight excluding hydrogens is 280 g/mol. The smallest absolute Gasteiger partial charge is 0.335 e. The first kappa shape index (κ1) is 16.2. The van der Waals surface area contributed by atoms with E-state index in [1.165, 1.54) is 24.3 Å². The molecule has 3 N–H and O–H groups in total. The summed E-state index contributed by atoms with van der Waals surface area (Å²) in [6, 6.07) is 5.50. The van der Waals surface area contributed by atoms with Crippen LogP contribution in [0.15, 0.2) is 24.3 Å². The highest BCUT2D eigenvalue weighted by Crippen LogP contribution is 2.09. The molecule has 0 saturated heterocycles. The molecule has 110 valence electrons. The van der Waals surface area contributed by atoms with E-state index in [-0.39, 0.29) is 16.8 Å². The first-order valence-electron chi connectivity index (χ1n) is 6.10. The SMILES string of the molecule is CC(CCNC(=O)Nc1ccc(C(=O)O)cc1)S(C)=O. The number of hydrogen-bond acceptors (Lipinski definition) is 3. The molecule has 1 aromatic carbocycles. The fourth-order valence-corrected chi connectivity index (χ4v) is 1.88. The molecule has 0 aromatic heterocycles. The molecule has 1 rings (SSSR count). The van der Waals surface area contributed by atoms with Crippen LogP contribution in [0.3, 0.4) is 0 Å². The maximum Gasteiger partial charge on any atom is 0.335 e. The van der Waals surface area contributed by atoms with Crippen LogP contribution in [0.1, 0.15) is 23.7 Å². The average Bonchev–Trinajstić information content (AvgIpc) is 2.39. The summed E-state index contributed by atoms with van der Waals surface area (Å²) in [6.45, 7) is 2.29. The van der Waals surface area contributed by atoms with Crippen LogP contribution in [-0.4, -0.2) is 39.4 Å². The number of hydrogen-bond donors (Lipinski definition) is 3. The van der Waals surface area contributed by atoms with Crippen LogP contribution in [0.25, 0.3) is 0 Å². The number of carbonyl (C=O) groups is 2. The van der Waals surface area contributed by atoms with Gasteiger partial charge in [-0.25, -0.2) is 9.59 Å². The monoisotopic (exact) mass is 298 g/mol. The molecule has 20 heavy (non-hydrogen) atoms. The van der Waals surface area contributed by atoms with Crippen LogP contribution in [0.2, 0.25) is 0 Å². The van der Waals surface area contributed by atoms with Gasteiger partial charge in [-0.1, -0.05) is 6.92 Å². The van der Waals surface area contributed by atoms with Gasteiger partial charge >= 0.3 is 12.0 Å². The Morgan fingerprint density at radius 1 is 1.30 bits per heavy atom. The van der Waals surface area contributed by atoms with Gasteiger partial charge in [0.25, 0.3) is 0 Å². The van der Waals surface area contributed by atoms with E-state index in [0.29, 0.717) is 18.7 Å². The molecule has 1 aromatic rings. The summed E-state index contributed by atoms with van der Waals surface area (Å²) < 4.78 is 11.1. The Hall–Kier alpha value is -1.89. The van der Waals surface area contributed by atoms with Crippen molar-refractivity contribution in [1.29, 1.82) is 0 Å². The molecular formula is C13H18N2O4S. The van der Waals surface area contributed by atoms with Crippen LogP contribution in [0.4, 0.5) is 10.5 Å². The topological polar surface area (TPSA) is 95.5 Å². The van der Waals surface area contributed by atoms with E-state index >= 15 is 0 Å². The van der Waals surface area contributed by atoms with E-state index in [9.17, 15) is 13.8 Å². The summed E-state index contributed by atoms with van der Waals surface area (Å²) in [4.78, 5) is 22.2. The minimum atomic E-state index is -1.01. The van der Waals surface area contributed by atoms with E-state index in [0.717, 1.165) is 0 Å². The third-order valence-corrected chi connectivity index (χ3v) is 4.16. The number of nitrogens with one attached hydrogen (secondary N) is 2. The number of aromatic carboxylic acids is 1. The number of anilines is 1. The zero-order chi connectivity index (χ0) is 15.1. The Morgan fingerprint density at radius 2 is 1.90 bits per heavy atom. The highest BCUT2D eigenvalue weighted by Gasteiger charge is 2.07. The fourth-order valence-electron chi connectivity index (χ4n) is 1.43. The largest absolute Gasteiger partial charge is 0.478 e. The standard InChI is InChI=1S/C13H18N2O4S/c1-9(20(2)19)7-8-14-13(18)15-11-5-3-10(4-6-11)12(16)17/h3-6,9H,7-8H2,1-2H3,(H,16,17)(H2,14,15,18). The molecule has 0 aliphatic carbocycles. The zero-order valence-corrected chi connectivity index (χ0v) is 12.2. The first-order valence-corrected chi connectivity index (χ1v) is 7.72. The van der Waals surface area contributed by atoms with Crippen molar-refractivity contribution < 1.29 is 18.9 Å². The minimum Gasteiger partial charge on any atom is -0.478 e. The Kier molecular flexibility index (Phi) is 6.17. The normalized spacial score (nSPS) is 13.3. The van der Waals surface area contributed by atoms with Gasteiger partial charge in [0.05, 0.1) is 5.56 Å². The molecule has 0 aliphatic rings. The van der Waals surface area contributed by atoms with Crippen LogP contribution >= 0.6 is 0 Å². The van der Waals surface area contributed by atoms with E-state index in [1.807, 2.05) is 6.92 Å². The van der Waals surface area contributed by atoms with Crippen molar-refractivity contribution in [2.24, 2.45) is 0 Å². The number of carbonyl (C=O) groups excluding carboxylic acids is 1. The van der Waals surface area contributed by atoms with Gasteiger partial charge in [0.15, 0.2) is 0 Å². The molecule has 0 saturated carbocycles. The molecule has 2 atom stereocenters. The van der Waals surface area contributed by atoms with E-state index in [4.69, 9.17) is 5.11 Å². The van der Waals surface area contributed by atoms with Gasteiger partial charge in [0.2, 0.25) is 0 Å². The molecule has 0 radical (unpaired) electrons. The van der Waals surface area contributed by atoms with Crippen molar-refractivity contribution >= 4 is 28.5 Å². The lowest BCUT2D eigenvalue weighted by atomic mass is 10.2. The summed E-state index contributed by atoms with van der Waals surface area (Å²) in [6.07, 6.45) is 2.27. The minimum absolute atomic E-state index is 0.0325. The summed E-state index contributed by atoms with van der Waals surface area (Å²) >= 11 is 0. The quantitative estimate of drug-likeness (QED) is 0.744. The maximum absolute atomic E-state index is 11.6. The Morgan fingerprint density at radius 3 is 2.40 bits per heavy atom. The van der Waals surface area contributed by atoms with Crippen molar-refractivity contribution in [3.8, 4) is 0 Å². The molecule has 0 spiro atoms. The second kappa shape index (κ2) is 7.64. The third kappa shape index (κ3) is 5.40. The van der Waals surface area contributed by atoms with Gasteiger partial charge in [-0.15, -0.1) is 0 Å². The maximum atomic E-state index is 11.6. The lowest BCUT2D eigenvalue weighted by Crippen LogP contribution is -2.31. The molecule has 6 nitrogen and oxygen atoms in total. The Balaban J connectivity index is 2.39. The van der Waals surface area contributed by atoms with Gasteiger partial charge < -0.3 is 15.7 Å². The number of carboxylic acids is 1. The van der Waals surface area contributed by atoms with Crippen molar-refractivity contribution in [2.75, 3.05) is 18.1 Å². The number of rotatable bonds is 6. The van der Waals surface area contributed by atoms with Crippen molar-refractivity contribution in [3.05, 3.63) is 29.8 Å². The molecule has 0 bridgehead atoms. The number of urea groups is 1. The molecule has 0 heterocycles. The fraction of sp³-hybridized carbons (Fsp3) is 0.385. The highest BCUT2D eigenvalue weighted by atomic mass is 32.2. The predicted octanol–water partition coefficient (Wildman–Crippen LogP) is 1.66. The predicted molar refractivity (Wildman–Crippen MR) is 78.6 cm³/mol. The summed E-state index contributed by atoms with van der Waals surface area (Å²) in [5, 5.41) is 14.0. The molecule has 0 aliphatic heterocycles. The molecule has 7 heteroatoms. The van der Waals surface area contributed by atoms with E-state index in [1.54, 1.807) is 6.26 Å².